The van der Waals surface area contributed by atoms with Crippen molar-refractivity contribution in [1.29, 1.82) is 0 Å². The van der Waals surface area contributed by atoms with Crippen LogP contribution in [0.25, 0.3) is 0 Å². The van der Waals surface area contributed by atoms with Crippen LogP contribution in [0.5, 0.6) is 0 Å². The molecule has 2 heterocycles. The summed E-state index contributed by atoms with van der Waals surface area (Å²) in [7, 11) is 3.62. The van der Waals surface area contributed by atoms with Crippen LogP contribution in [-0.2, 0) is 23.1 Å². The monoisotopic (exact) mass is 449 g/mol. The van der Waals surface area contributed by atoms with Crippen LogP contribution in [0.3, 0.4) is 0 Å². The minimum atomic E-state index is -0.533. The molecule has 1 aliphatic heterocycles. The number of rotatable bonds is 5. The van der Waals surface area contributed by atoms with E-state index in [-0.39, 0.29) is 18.2 Å². The predicted molar refractivity (Wildman–Crippen MR) is 122 cm³/mol. The highest BCUT2D eigenvalue weighted by Crippen LogP contribution is 2.19. The summed E-state index contributed by atoms with van der Waals surface area (Å²) in [4.78, 5) is 19.1. The van der Waals surface area contributed by atoms with Gasteiger partial charge in [0.05, 0.1) is 18.7 Å². The Hall–Kier alpha value is -2.36. The van der Waals surface area contributed by atoms with Crippen molar-refractivity contribution in [2.24, 2.45) is 12.0 Å². The van der Waals surface area contributed by atoms with Gasteiger partial charge in [-0.15, -0.1) is 10.2 Å². The Morgan fingerprint density at radius 3 is 2.47 bits per heavy atom. The fraction of sp³-hybridized carbons (Fsp3) is 0.818. The van der Waals surface area contributed by atoms with Gasteiger partial charge in [0.15, 0.2) is 11.8 Å². The van der Waals surface area contributed by atoms with Crippen molar-refractivity contribution < 1.29 is 14.3 Å². The van der Waals surface area contributed by atoms with Crippen LogP contribution in [0.4, 0.5) is 4.79 Å². The van der Waals surface area contributed by atoms with Crippen LogP contribution in [0.1, 0.15) is 64.5 Å². The number of aromatic nitrogens is 3. The molecule has 10 heteroatoms. The van der Waals surface area contributed by atoms with E-state index in [1.165, 1.54) is 19.3 Å². The molecule has 32 heavy (non-hydrogen) atoms. The third kappa shape index (κ3) is 6.57. The topological polar surface area (TPSA) is 106 Å². The third-order valence-electron chi connectivity index (χ3n) is 6.05. The van der Waals surface area contributed by atoms with Crippen molar-refractivity contribution in [2.75, 3.05) is 20.2 Å². The van der Waals surface area contributed by atoms with Gasteiger partial charge in [0, 0.05) is 26.7 Å². The second-order valence-electron chi connectivity index (χ2n) is 9.78. The standard InChI is InChI=1S/C22H39N7O3/c1-15-26-27-19(28(15)5)12-23-20(24-16-10-8-7-9-11-16)25-17-13-29(14-18(17)31-6)21(30)32-22(2,3)4/h16-18H,7-14H2,1-6H3,(H2,23,24,25)/t17?,18-/m0/s1. The summed E-state index contributed by atoms with van der Waals surface area (Å²) >= 11 is 0. The number of carbonyl (C=O) groups is 1. The molecule has 1 aromatic heterocycles. The van der Waals surface area contributed by atoms with Gasteiger partial charge in [-0.3, -0.25) is 0 Å². The SMILES string of the molecule is CO[C@H]1CN(C(=O)OC(C)(C)C)CC1NC(=NCc1nnc(C)n1C)NC1CCCCC1. The molecule has 0 bridgehead atoms. The summed E-state index contributed by atoms with van der Waals surface area (Å²) < 4.78 is 13.2. The smallest absolute Gasteiger partial charge is 0.410 e. The number of nitrogens with zero attached hydrogens (tertiary/aromatic N) is 5. The zero-order valence-electron chi connectivity index (χ0n) is 20.3. The number of amides is 1. The number of likely N-dealkylation sites (tertiary alicyclic amines) is 1. The lowest BCUT2D eigenvalue weighted by Gasteiger charge is -2.28. The van der Waals surface area contributed by atoms with Crippen LogP contribution in [0.15, 0.2) is 4.99 Å². The van der Waals surface area contributed by atoms with Crippen LogP contribution in [0, 0.1) is 6.92 Å². The van der Waals surface area contributed by atoms with E-state index in [1.54, 1.807) is 12.0 Å². The number of carbonyl (C=O) groups excluding carboxylic acids is 1. The molecule has 10 nitrogen and oxygen atoms in total. The van der Waals surface area contributed by atoms with E-state index in [9.17, 15) is 4.79 Å². The summed E-state index contributed by atoms with van der Waals surface area (Å²) in [6.07, 6.45) is 5.53. The van der Waals surface area contributed by atoms with Crippen molar-refractivity contribution in [3.8, 4) is 0 Å². The highest BCUT2D eigenvalue weighted by molar-refractivity contribution is 5.80. The molecule has 2 fully saturated rings. The first kappa shape index (κ1) is 24.3. The summed E-state index contributed by atoms with van der Waals surface area (Å²) in [5.74, 6) is 2.38. The highest BCUT2D eigenvalue weighted by atomic mass is 16.6. The average molecular weight is 450 g/mol. The van der Waals surface area contributed by atoms with Gasteiger partial charge in [-0.05, 0) is 40.5 Å². The van der Waals surface area contributed by atoms with Crippen molar-refractivity contribution in [3.63, 3.8) is 0 Å². The quantitative estimate of drug-likeness (QED) is 0.524. The Kier molecular flexibility index (Phi) is 7.97. The lowest BCUT2D eigenvalue weighted by molar-refractivity contribution is 0.0252. The Labute approximate surface area is 191 Å². The van der Waals surface area contributed by atoms with Crippen molar-refractivity contribution in [1.82, 2.24) is 30.3 Å². The molecular weight excluding hydrogens is 410 g/mol. The van der Waals surface area contributed by atoms with Gasteiger partial charge in [0.25, 0.3) is 0 Å². The molecule has 1 saturated heterocycles. The molecule has 1 saturated carbocycles. The number of nitrogens with one attached hydrogen (secondary N) is 2. The molecule has 180 valence electrons. The Bertz CT molecular complexity index is 796. The maximum absolute atomic E-state index is 12.6. The molecule has 2 aliphatic rings. The first-order valence-electron chi connectivity index (χ1n) is 11.6. The van der Waals surface area contributed by atoms with Gasteiger partial charge in [0.1, 0.15) is 18.0 Å². The zero-order valence-corrected chi connectivity index (χ0v) is 20.3. The highest BCUT2D eigenvalue weighted by Gasteiger charge is 2.38. The number of methoxy groups -OCH3 is 1. The minimum Gasteiger partial charge on any atom is -0.444 e. The molecule has 2 N–H and O–H groups in total. The van der Waals surface area contributed by atoms with Crippen LogP contribution in [0.2, 0.25) is 0 Å². The largest absolute Gasteiger partial charge is 0.444 e. The fourth-order valence-corrected chi connectivity index (χ4v) is 4.11. The van der Waals surface area contributed by atoms with Crippen molar-refractivity contribution >= 4 is 12.1 Å². The van der Waals surface area contributed by atoms with Gasteiger partial charge >= 0.3 is 6.09 Å². The van der Waals surface area contributed by atoms with E-state index in [2.05, 4.69) is 20.8 Å². The molecule has 1 amide bonds. The molecule has 1 aromatic rings. The number of hydrogen-bond acceptors (Lipinski definition) is 6. The summed E-state index contributed by atoms with van der Waals surface area (Å²) in [5, 5.41) is 15.5. The Morgan fingerprint density at radius 1 is 1.16 bits per heavy atom. The molecule has 0 radical (unpaired) electrons. The number of aryl methyl sites for hydroxylation is 1. The zero-order chi connectivity index (χ0) is 23.3. The van der Waals surface area contributed by atoms with Crippen molar-refractivity contribution in [3.05, 3.63) is 11.6 Å². The molecular formula is C22H39N7O3. The molecule has 1 aliphatic carbocycles. The molecule has 3 rings (SSSR count). The lowest BCUT2D eigenvalue weighted by atomic mass is 9.96. The molecule has 1 unspecified atom stereocenters. The lowest BCUT2D eigenvalue weighted by Crippen LogP contribution is -2.52. The normalized spacial score (nSPS) is 22.8. The predicted octanol–water partition coefficient (Wildman–Crippen LogP) is 2.13. The van der Waals surface area contributed by atoms with Gasteiger partial charge in [-0.25, -0.2) is 9.79 Å². The summed E-state index contributed by atoms with van der Waals surface area (Å²) in [6.45, 7) is 8.92. The molecule has 0 spiro atoms. The number of aliphatic imine (C=N–C) groups is 1. The second kappa shape index (κ2) is 10.5. The van der Waals surface area contributed by atoms with Gasteiger partial charge in [0.2, 0.25) is 0 Å². The third-order valence-corrected chi connectivity index (χ3v) is 6.05. The minimum absolute atomic E-state index is 0.0939. The Morgan fingerprint density at radius 2 is 1.88 bits per heavy atom. The number of hydrogen-bond donors (Lipinski definition) is 2. The summed E-state index contributed by atoms with van der Waals surface area (Å²) in [5.41, 5.74) is -0.533. The van der Waals surface area contributed by atoms with E-state index < -0.39 is 5.60 Å². The first-order chi connectivity index (χ1) is 15.2. The van der Waals surface area contributed by atoms with E-state index >= 15 is 0 Å². The fourth-order valence-electron chi connectivity index (χ4n) is 4.11. The van der Waals surface area contributed by atoms with E-state index in [1.807, 2.05) is 39.3 Å². The van der Waals surface area contributed by atoms with E-state index in [4.69, 9.17) is 14.5 Å². The summed E-state index contributed by atoms with van der Waals surface area (Å²) in [6, 6.07) is 0.296. The first-order valence-corrected chi connectivity index (χ1v) is 11.6. The second-order valence-corrected chi connectivity index (χ2v) is 9.78. The Balaban J connectivity index is 1.71. The van der Waals surface area contributed by atoms with Gasteiger partial charge in [-0.1, -0.05) is 19.3 Å². The van der Waals surface area contributed by atoms with Crippen molar-refractivity contribution in [2.45, 2.75) is 90.1 Å². The van der Waals surface area contributed by atoms with Gasteiger partial charge in [-0.2, -0.15) is 0 Å². The number of guanidine groups is 1. The van der Waals surface area contributed by atoms with Crippen LogP contribution < -0.4 is 10.6 Å². The number of ether oxygens (including phenoxy) is 2. The van der Waals surface area contributed by atoms with Gasteiger partial charge < -0.3 is 29.6 Å². The van der Waals surface area contributed by atoms with E-state index in [0.29, 0.717) is 25.7 Å². The molecule has 0 aromatic carbocycles. The molecule has 2 atom stereocenters. The maximum Gasteiger partial charge on any atom is 0.410 e. The maximum atomic E-state index is 12.6. The van der Waals surface area contributed by atoms with E-state index in [0.717, 1.165) is 30.5 Å². The van der Waals surface area contributed by atoms with Crippen LogP contribution in [-0.4, -0.2) is 75.7 Å². The van der Waals surface area contributed by atoms with Crippen LogP contribution >= 0.6 is 0 Å². The average Bonchev–Trinajstić information content (AvgIpc) is 3.29.